The van der Waals surface area contributed by atoms with E-state index in [4.69, 9.17) is 10.00 Å². The third-order valence-electron chi connectivity index (χ3n) is 4.41. The van der Waals surface area contributed by atoms with Gasteiger partial charge in [0.15, 0.2) is 0 Å². The average molecular weight is 404 g/mol. The molecule has 0 unspecified atom stereocenters. The number of benzene rings is 1. The van der Waals surface area contributed by atoms with Crippen molar-refractivity contribution in [1.82, 2.24) is 19.1 Å². The van der Waals surface area contributed by atoms with Gasteiger partial charge in [-0.15, -0.1) is 10.2 Å². The minimum atomic E-state index is -3.73. The van der Waals surface area contributed by atoms with Gasteiger partial charge >= 0.3 is 0 Å². The van der Waals surface area contributed by atoms with Crippen LogP contribution in [0.3, 0.4) is 0 Å². The summed E-state index contributed by atoms with van der Waals surface area (Å²) in [5, 5.41) is 18.7. The van der Waals surface area contributed by atoms with Crippen LogP contribution in [0.2, 0.25) is 0 Å². The first-order valence-electron chi connectivity index (χ1n) is 8.71. The Kier molecular flexibility index (Phi) is 5.91. The molecule has 1 N–H and O–H groups in total. The van der Waals surface area contributed by atoms with Gasteiger partial charge in [-0.05, 0) is 31.0 Å². The van der Waals surface area contributed by atoms with Gasteiger partial charge in [0.25, 0.3) is 0 Å². The molecule has 0 aliphatic carbocycles. The lowest BCUT2D eigenvalue weighted by Crippen LogP contribution is -2.35. The zero-order valence-electron chi connectivity index (χ0n) is 15.3. The van der Waals surface area contributed by atoms with Crippen molar-refractivity contribution < 1.29 is 17.9 Å². The molecule has 0 bridgehead atoms. The summed E-state index contributed by atoms with van der Waals surface area (Å²) in [6.07, 6.45) is 3.92. The van der Waals surface area contributed by atoms with Gasteiger partial charge in [0.2, 0.25) is 21.8 Å². The molecule has 1 saturated heterocycles. The Labute approximate surface area is 162 Å². The number of nitrogens with zero attached hydrogens (tertiary/aromatic N) is 5. The van der Waals surface area contributed by atoms with Crippen molar-refractivity contribution in [2.45, 2.75) is 30.7 Å². The van der Waals surface area contributed by atoms with E-state index < -0.39 is 15.9 Å². The molecular weight excluding hydrogens is 384 g/mol. The van der Waals surface area contributed by atoms with Crippen LogP contribution < -0.4 is 10.1 Å². The SMILES string of the molecule is COc1ccc(NC(=O)Cn2cnnc2C#N)cc1S(=O)(=O)N1CCCCC1. The molecule has 10 nitrogen and oxygen atoms in total. The highest BCUT2D eigenvalue weighted by atomic mass is 32.2. The Balaban J connectivity index is 1.82. The molecule has 1 amide bonds. The highest BCUT2D eigenvalue weighted by molar-refractivity contribution is 7.89. The van der Waals surface area contributed by atoms with E-state index >= 15 is 0 Å². The molecule has 1 aromatic carbocycles. The van der Waals surface area contributed by atoms with E-state index in [1.165, 1.54) is 34.4 Å². The normalized spacial score (nSPS) is 15.0. The van der Waals surface area contributed by atoms with Gasteiger partial charge in [-0.25, -0.2) is 8.42 Å². The number of rotatable bonds is 6. The molecule has 2 aromatic rings. The summed E-state index contributed by atoms with van der Waals surface area (Å²) < 4.78 is 34.0. The van der Waals surface area contributed by atoms with Crippen LogP contribution in [0, 0.1) is 11.3 Å². The number of piperidine rings is 1. The number of nitriles is 1. The largest absolute Gasteiger partial charge is 0.495 e. The van der Waals surface area contributed by atoms with Crippen LogP contribution in [0.25, 0.3) is 0 Å². The maximum atomic E-state index is 13.0. The van der Waals surface area contributed by atoms with Crippen molar-refractivity contribution in [1.29, 1.82) is 5.26 Å². The Morgan fingerprint density at radius 2 is 2.07 bits per heavy atom. The summed E-state index contributed by atoms with van der Waals surface area (Å²) in [4.78, 5) is 12.3. The van der Waals surface area contributed by atoms with Gasteiger partial charge in [-0.2, -0.15) is 9.57 Å². The molecule has 1 aromatic heterocycles. The molecule has 1 aliphatic heterocycles. The lowest BCUT2D eigenvalue weighted by molar-refractivity contribution is -0.116. The first kappa shape index (κ1) is 19.8. The topological polar surface area (TPSA) is 130 Å². The van der Waals surface area contributed by atoms with Gasteiger partial charge in [0, 0.05) is 18.8 Å². The van der Waals surface area contributed by atoms with Gasteiger partial charge in [-0.3, -0.25) is 9.36 Å². The number of ether oxygens (including phenoxy) is 1. The lowest BCUT2D eigenvalue weighted by Gasteiger charge is -2.26. The summed E-state index contributed by atoms with van der Waals surface area (Å²) in [5.74, 6) is -0.213. The van der Waals surface area contributed by atoms with Crippen LogP contribution in [0.4, 0.5) is 5.69 Å². The van der Waals surface area contributed by atoms with Crippen molar-refractivity contribution in [2.75, 3.05) is 25.5 Å². The zero-order valence-corrected chi connectivity index (χ0v) is 16.1. The molecule has 2 heterocycles. The highest BCUT2D eigenvalue weighted by Gasteiger charge is 2.29. The van der Waals surface area contributed by atoms with E-state index in [9.17, 15) is 13.2 Å². The smallest absolute Gasteiger partial charge is 0.246 e. The van der Waals surface area contributed by atoms with Crippen LogP contribution in [0.15, 0.2) is 29.4 Å². The van der Waals surface area contributed by atoms with Gasteiger partial charge < -0.3 is 10.1 Å². The first-order valence-corrected chi connectivity index (χ1v) is 10.2. The third kappa shape index (κ3) is 4.13. The highest BCUT2D eigenvalue weighted by Crippen LogP contribution is 2.31. The van der Waals surface area contributed by atoms with E-state index in [1.807, 2.05) is 6.07 Å². The standard InChI is InChI=1S/C17H20N6O4S/c1-27-14-6-5-13(20-17(24)11-22-12-19-21-16(22)10-18)9-15(14)28(25,26)23-7-3-2-4-8-23/h5-6,9,12H,2-4,7-8,11H2,1H3,(H,20,24). The molecule has 3 rings (SSSR count). The number of sulfonamides is 1. The number of hydrogen-bond donors (Lipinski definition) is 1. The molecular formula is C17H20N6O4S. The number of methoxy groups -OCH3 is 1. The summed E-state index contributed by atoms with van der Waals surface area (Å²) in [5.41, 5.74) is 0.313. The Morgan fingerprint density at radius 1 is 1.32 bits per heavy atom. The predicted octanol–water partition coefficient (Wildman–Crippen LogP) is 0.972. The maximum absolute atomic E-state index is 13.0. The van der Waals surface area contributed by atoms with E-state index in [0.717, 1.165) is 19.3 Å². The number of carbonyl (C=O) groups excluding carboxylic acids is 1. The summed E-state index contributed by atoms with van der Waals surface area (Å²) >= 11 is 0. The molecule has 0 radical (unpaired) electrons. The molecule has 0 saturated carbocycles. The zero-order chi connectivity index (χ0) is 20.1. The van der Waals surface area contributed by atoms with Crippen LogP contribution in [0.5, 0.6) is 5.75 Å². The molecule has 1 aliphatic rings. The lowest BCUT2D eigenvalue weighted by atomic mass is 10.2. The third-order valence-corrected chi connectivity index (χ3v) is 6.33. The van der Waals surface area contributed by atoms with Gasteiger partial charge in [-0.1, -0.05) is 6.42 Å². The van der Waals surface area contributed by atoms with Crippen molar-refractivity contribution in [3.05, 3.63) is 30.4 Å². The van der Waals surface area contributed by atoms with E-state index in [0.29, 0.717) is 18.8 Å². The molecule has 0 spiro atoms. The van der Waals surface area contributed by atoms with Crippen molar-refractivity contribution in [2.24, 2.45) is 0 Å². The minimum Gasteiger partial charge on any atom is -0.495 e. The number of hydrogen-bond acceptors (Lipinski definition) is 7. The minimum absolute atomic E-state index is 0.0108. The first-order chi connectivity index (χ1) is 13.5. The van der Waals surface area contributed by atoms with Gasteiger partial charge in [0.05, 0.1) is 7.11 Å². The molecule has 28 heavy (non-hydrogen) atoms. The predicted molar refractivity (Wildman–Crippen MR) is 99.0 cm³/mol. The molecule has 0 atom stereocenters. The van der Waals surface area contributed by atoms with Crippen molar-refractivity contribution in [3.8, 4) is 11.8 Å². The summed E-state index contributed by atoms with van der Waals surface area (Å²) in [6.45, 7) is 0.759. The second kappa shape index (κ2) is 8.37. The quantitative estimate of drug-likeness (QED) is 0.759. The number of carbonyl (C=O) groups is 1. The maximum Gasteiger partial charge on any atom is 0.246 e. The van der Waals surface area contributed by atoms with E-state index in [-0.39, 0.29) is 23.0 Å². The number of aromatic nitrogens is 3. The molecule has 1 fully saturated rings. The number of nitrogens with one attached hydrogen (secondary N) is 1. The Bertz CT molecular complexity index is 1000. The molecule has 11 heteroatoms. The van der Waals surface area contributed by atoms with Crippen LogP contribution >= 0.6 is 0 Å². The number of amides is 1. The summed E-state index contributed by atoms with van der Waals surface area (Å²) in [6, 6.07) is 6.28. The second-order valence-electron chi connectivity index (χ2n) is 6.27. The van der Waals surface area contributed by atoms with Crippen molar-refractivity contribution in [3.63, 3.8) is 0 Å². The van der Waals surface area contributed by atoms with Crippen LogP contribution in [0.1, 0.15) is 25.1 Å². The monoisotopic (exact) mass is 404 g/mol. The Morgan fingerprint density at radius 3 is 2.75 bits per heavy atom. The molecule has 148 valence electrons. The fourth-order valence-corrected chi connectivity index (χ4v) is 4.71. The van der Waals surface area contributed by atoms with Crippen molar-refractivity contribution >= 4 is 21.6 Å². The van der Waals surface area contributed by atoms with Gasteiger partial charge in [0.1, 0.15) is 29.6 Å². The summed E-state index contributed by atoms with van der Waals surface area (Å²) in [7, 11) is -2.33. The average Bonchev–Trinajstić information content (AvgIpc) is 3.15. The second-order valence-corrected chi connectivity index (χ2v) is 8.18. The van der Waals surface area contributed by atoms with Crippen LogP contribution in [-0.2, 0) is 21.4 Å². The number of anilines is 1. The fourth-order valence-electron chi connectivity index (χ4n) is 3.01. The van der Waals surface area contributed by atoms with E-state index in [1.54, 1.807) is 6.07 Å². The Hall–Kier alpha value is -2.97. The fraction of sp³-hybridized carbons (Fsp3) is 0.412. The van der Waals surface area contributed by atoms with Crippen LogP contribution in [-0.4, -0.2) is 53.6 Å². The van der Waals surface area contributed by atoms with E-state index in [2.05, 4.69) is 15.5 Å².